The first-order valence-electron chi connectivity index (χ1n) is 4.37. The molecule has 0 radical (unpaired) electrons. The van der Waals surface area contributed by atoms with Crippen LogP contribution in [0, 0.1) is 0 Å². The van der Waals surface area contributed by atoms with Gasteiger partial charge >= 0.3 is 0 Å². The van der Waals surface area contributed by atoms with Gasteiger partial charge in [-0.25, -0.2) is 0 Å². The number of nitrogens with zero attached hydrogens (tertiary/aromatic N) is 1. The molecule has 0 spiro atoms. The van der Waals surface area contributed by atoms with Gasteiger partial charge in [-0.15, -0.1) is 0 Å². The van der Waals surface area contributed by atoms with Crippen LogP contribution in [0.4, 0.5) is 0 Å². The van der Waals surface area contributed by atoms with Crippen molar-refractivity contribution >= 4 is 5.71 Å². The average Bonchev–Trinajstić information content (AvgIpc) is 2.28. The molecule has 1 heterocycles. The van der Waals surface area contributed by atoms with E-state index in [0.29, 0.717) is 0 Å². The molecule has 0 N–H and O–H groups in total. The highest BCUT2D eigenvalue weighted by Crippen LogP contribution is 2.18. The third-order valence-electron chi connectivity index (χ3n) is 2.25. The lowest BCUT2D eigenvalue weighted by atomic mass is 10.1. The second kappa shape index (κ2) is 3.04. The Hall–Kier alpha value is -0.850. The minimum atomic E-state index is 0.896. The molecule has 0 aromatic rings. The van der Waals surface area contributed by atoms with Crippen molar-refractivity contribution in [1.82, 2.24) is 0 Å². The molecule has 11 heavy (non-hydrogen) atoms. The largest absolute Gasteiger partial charge is 0.285 e. The van der Waals surface area contributed by atoms with E-state index >= 15 is 0 Å². The second-order valence-electron chi connectivity index (χ2n) is 3.09. The fourth-order valence-electron chi connectivity index (χ4n) is 1.63. The summed E-state index contributed by atoms with van der Waals surface area (Å²) in [6, 6.07) is 0. The van der Waals surface area contributed by atoms with Gasteiger partial charge in [-0.3, -0.25) is 4.99 Å². The molecule has 2 aliphatic rings. The van der Waals surface area contributed by atoms with Gasteiger partial charge in [-0.2, -0.15) is 0 Å². The molecular weight excluding hydrogens is 134 g/mol. The number of dihydropyridines is 1. The fraction of sp³-hybridized carbons (Fsp3) is 0.500. The summed E-state index contributed by atoms with van der Waals surface area (Å²) >= 11 is 0. The van der Waals surface area contributed by atoms with Crippen molar-refractivity contribution in [3.63, 3.8) is 0 Å². The SMILES string of the molecule is C1=CC2=CCCCCC2=NC1. The topological polar surface area (TPSA) is 12.4 Å². The van der Waals surface area contributed by atoms with Gasteiger partial charge in [-0.1, -0.05) is 18.2 Å². The van der Waals surface area contributed by atoms with E-state index in [1.807, 2.05) is 0 Å². The third-order valence-corrected chi connectivity index (χ3v) is 2.25. The summed E-state index contributed by atoms with van der Waals surface area (Å²) in [5.41, 5.74) is 2.72. The molecule has 1 aliphatic heterocycles. The maximum Gasteiger partial charge on any atom is 0.0577 e. The van der Waals surface area contributed by atoms with E-state index < -0.39 is 0 Å². The zero-order valence-corrected chi connectivity index (χ0v) is 6.71. The van der Waals surface area contributed by atoms with Gasteiger partial charge in [0.25, 0.3) is 0 Å². The number of allylic oxidation sites excluding steroid dienone is 3. The van der Waals surface area contributed by atoms with Crippen molar-refractivity contribution in [3.8, 4) is 0 Å². The highest BCUT2D eigenvalue weighted by Gasteiger charge is 2.09. The molecule has 0 bridgehead atoms. The lowest BCUT2D eigenvalue weighted by molar-refractivity contribution is 0.788. The molecule has 2 rings (SSSR count). The van der Waals surface area contributed by atoms with E-state index in [1.165, 1.54) is 37.0 Å². The molecule has 0 unspecified atom stereocenters. The highest BCUT2D eigenvalue weighted by molar-refractivity contribution is 6.03. The number of fused-ring (bicyclic) bond motifs is 1. The van der Waals surface area contributed by atoms with Crippen LogP contribution in [0.3, 0.4) is 0 Å². The molecule has 1 nitrogen and oxygen atoms in total. The predicted molar refractivity (Wildman–Crippen MR) is 48.0 cm³/mol. The van der Waals surface area contributed by atoms with Crippen LogP contribution in [0.1, 0.15) is 25.7 Å². The van der Waals surface area contributed by atoms with Crippen molar-refractivity contribution in [2.24, 2.45) is 4.99 Å². The smallest absolute Gasteiger partial charge is 0.0577 e. The number of hydrogen-bond donors (Lipinski definition) is 0. The summed E-state index contributed by atoms with van der Waals surface area (Å²) < 4.78 is 0. The molecule has 58 valence electrons. The molecule has 0 amide bonds. The minimum Gasteiger partial charge on any atom is -0.285 e. The van der Waals surface area contributed by atoms with E-state index in [-0.39, 0.29) is 0 Å². The molecule has 1 aliphatic carbocycles. The maximum absolute atomic E-state index is 4.47. The fourth-order valence-corrected chi connectivity index (χ4v) is 1.63. The van der Waals surface area contributed by atoms with Crippen molar-refractivity contribution in [3.05, 3.63) is 23.8 Å². The first-order valence-corrected chi connectivity index (χ1v) is 4.37. The zero-order chi connectivity index (χ0) is 7.52. The second-order valence-corrected chi connectivity index (χ2v) is 3.09. The van der Waals surface area contributed by atoms with Crippen LogP contribution in [0.5, 0.6) is 0 Å². The standard InChI is InChI=1S/C10H13N/c1-2-5-9-6-4-8-11-10(9)7-3-1/h4-6H,1-3,7-8H2. The summed E-state index contributed by atoms with van der Waals surface area (Å²) in [5.74, 6) is 0. The van der Waals surface area contributed by atoms with Crippen molar-refractivity contribution < 1.29 is 0 Å². The van der Waals surface area contributed by atoms with E-state index in [1.54, 1.807) is 0 Å². The van der Waals surface area contributed by atoms with E-state index in [0.717, 1.165) is 6.54 Å². The van der Waals surface area contributed by atoms with Crippen LogP contribution < -0.4 is 0 Å². The summed E-state index contributed by atoms with van der Waals surface area (Å²) in [6.07, 6.45) is 11.7. The highest BCUT2D eigenvalue weighted by atomic mass is 14.7. The third kappa shape index (κ3) is 1.42. The quantitative estimate of drug-likeness (QED) is 0.499. The monoisotopic (exact) mass is 147 g/mol. The Kier molecular flexibility index (Phi) is 1.89. The van der Waals surface area contributed by atoms with Crippen molar-refractivity contribution in [1.29, 1.82) is 0 Å². The first kappa shape index (κ1) is 6.84. The Bertz CT molecular complexity index is 233. The van der Waals surface area contributed by atoms with E-state index in [9.17, 15) is 0 Å². The molecule has 1 heteroatoms. The van der Waals surface area contributed by atoms with Crippen LogP contribution in [0.2, 0.25) is 0 Å². The molecule has 0 atom stereocenters. The van der Waals surface area contributed by atoms with Crippen LogP contribution in [0.15, 0.2) is 28.8 Å². The van der Waals surface area contributed by atoms with Crippen LogP contribution >= 0.6 is 0 Å². The molecule has 0 aromatic carbocycles. The van der Waals surface area contributed by atoms with E-state index in [2.05, 4.69) is 23.2 Å². The Morgan fingerprint density at radius 2 is 2.27 bits per heavy atom. The van der Waals surface area contributed by atoms with Crippen LogP contribution in [-0.2, 0) is 0 Å². The summed E-state index contributed by atoms with van der Waals surface area (Å²) in [4.78, 5) is 4.47. The van der Waals surface area contributed by atoms with Crippen LogP contribution in [-0.4, -0.2) is 12.3 Å². The van der Waals surface area contributed by atoms with Gasteiger partial charge in [-0.05, 0) is 31.3 Å². The van der Waals surface area contributed by atoms with Gasteiger partial charge in [0.05, 0.1) is 6.54 Å². The Labute approximate surface area is 67.5 Å². The van der Waals surface area contributed by atoms with E-state index in [4.69, 9.17) is 0 Å². The zero-order valence-electron chi connectivity index (χ0n) is 6.71. The maximum atomic E-state index is 4.47. The molecule has 0 fully saturated rings. The van der Waals surface area contributed by atoms with Gasteiger partial charge in [0.2, 0.25) is 0 Å². The average molecular weight is 147 g/mol. The first-order chi connectivity index (χ1) is 5.47. The van der Waals surface area contributed by atoms with Crippen molar-refractivity contribution in [2.45, 2.75) is 25.7 Å². The number of aliphatic imine (C=N–C) groups is 1. The predicted octanol–water partition coefficient (Wildman–Crippen LogP) is 2.50. The lowest BCUT2D eigenvalue weighted by Gasteiger charge is -2.07. The number of rotatable bonds is 0. The summed E-state index contributed by atoms with van der Waals surface area (Å²) in [7, 11) is 0. The molecule has 0 saturated carbocycles. The molecule has 0 saturated heterocycles. The summed E-state index contributed by atoms with van der Waals surface area (Å²) in [5, 5.41) is 0. The lowest BCUT2D eigenvalue weighted by Crippen LogP contribution is -2.04. The Morgan fingerprint density at radius 3 is 3.27 bits per heavy atom. The molecular formula is C10H13N. The summed E-state index contributed by atoms with van der Waals surface area (Å²) in [6.45, 7) is 0.896. The van der Waals surface area contributed by atoms with Gasteiger partial charge in [0.15, 0.2) is 0 Å². The molecule has 0 aromatic heterocycles. The van der Waals surface area contributed by atoms with Crippen molar-refractivity contribution in [2.75, 3.05) is 6.54 Å². The van der Waals surface area contributed by atoms with Gasteiger partial charge < -0.3 is 0 Å². The van der Waals surface area contributed by atoms with Crippen LogP contribution in [0.25, 0.3) is 0 Å². The van der Waals surface area contributed by atoms with Gasteiger partial charge in [0, 0.05) is 5.71 Å². The Balaban J connectivity index is 2.26. The Morgan fingerprint density at radius 1 is 1.27 bits per heavy atom. The minimum absolute atomic E-state index is 0.896. The van der Waals surface area contributed by atoms with Gasteiger partial charge in [0.1, 0.15) is 0 Å². The number of hydrogen-bond acceptors (Lipinski definition) is 1. The normalized spacial score (nSPS) is 23.3.